The van der Waals surface area contributed by atoms with Gasteiger partial charge in [0, 0.05) is 19.2 Å². The standard InChI is InChI=1S/C22H26N4O2/c1-15-9-10-21(28-12-11-23)18(13-15)22(27)26(3)16(2)19-14-20(25-24-19)17-7-5-4-6-8-17/h4-10,13-14,16H,11-12,23H2,1-3H3,(H,24,25). The molecule has 3 aromatic rings. The maximum atomic E-state index is 13.2. The van der Waals surface area contributed by atoms with Gasteiger partial charge in [-0.3, -0.25) is 9.89 Å². The van der Waals surface area contributed by atoms with Crippen molar-refractivity contribution < 1.29 is 9.53 Å². The first kappa shape index (κ1) is 19.6. The van der Waals surface area contributed by atoms with Crippen molar-refractivity contribution in [2.24, 2.45) is 5.73 Å². The van der Waals surface area contributed by atoms with Crippen LogP contribution < -0.4 is 10.5 Å². The van der Waals surface area contributed by atoms with Crippen molar-refractivity contribution in [3.8, 4) is 17.0 Å². The number of nitrogens with one attached hydrogen (secondary N) is 1. The van der Waals surface area contributed by atoms with Crippen LogP contribution in [0.2, 0.25) is 0 Å². The van der Waals surface area contributed by atoms with E-state index in [4.69, 9.17) is 10.5 Å². The maximum absolute atomic E-state index is 13.2. The predicted octanol–water partition coefficient (Wildman–Crippen LogP) is 3.56. The third-order valence-corrected chi connectivity index (χ3v) is 4.76. The second kappa shape index (κ2) is 8.71. The largest absolute Gasteiger partial charge is 0.491 e. The van der Waals surface area contributed by atoms with E-state index in [9.17, 15) is 4.79 Å². The lowest BCUT2D eigenvalue weighted by Gasteiger charge is -2.25. The van der Waals surface area contributed by atoms with Gasteiger partial charge in [-0.05, 0) is 32.0 Å². The molecule has 0 fully saturated rings. The zero-order valence-corrected chi connectivity index (χ0v) is 16.5. The van der Waals surface area contributed by atoms with E-state index in [-0.39, 0.29) is 11.9 Å². The number of H-pyrrole nitrogens is 1. The zero-order valence-electron chi connectivity index (χ0n) is 16.5. The number of hydrogen-bond donors (Lipinski definition) is 2. The fraction of sp³-hybridized carbons (Fsp3) is 0.273. The Morgan fingerprint density at radius 2 is 1.96 bits per heavy atom. The third kappa shape index (κ3) is 4.23. The summed E-state index contributed by atoms with van der Waals surface area (Å²) in [5, 5.41) is 7.45. The minimum atomic E-state index is -0.180. The molecule has 0 saturated heterocycles. The number of aryl methyl sites for hydroxylation is 1. The highest BCUT2D eigenvalue weighted by atomic mass is 16.5. The molecule has 3 rings (SSSR count). The molecule has 3 N–H and O–H groups in total. The van der Waals surface area contributed by atoms with Gasteiger partial charge in [-0.2, -0.15) is 5.10 Å². The fourth-order valence-electron chi connectivity index (χ4n) is 2.99. The molecule has 0 spiro atoms. The number of carbonyl (C=O) groups excluding carboxylic acids is 1. The summed E-state index contributed by atoms with van der Waals surface area (Å²) >= 11 is 0. The van der Waals surface area contributed by atoms with Gasteiger partial charge in [0.15, 0.2) is 0 Å². The minimum Gasteiger partial charge on any atom is -0.491 e. The monoisotopic (exact) mass is 378 g/mol. The van der Waals surface area contributed by atoms with E-state index >= 15 is 0 Å². The molecule has 0 saturated carbocycles. The lowest BCUT2D eigenvalue weighted by atomic mass is 10.1. The Hall–Kier alpha value is -3.12. The van der Waals surface area contributed by atoms with Crippen LogP contribution >= 0.6 is 0 Å². The number of benzene rings is 2. The van der Waals surface area contributed by atoms with Crippen LogP contribution in [-0.4, -0.2) is 41.2 Å². The van der Waals surface area contributed by atoms with Crippen LogP contribution in [0.4, 0.5) is 0 Å². The number of aromatic amines is 1. The van der Waals surface area contributed by atoms with E-state index in [1.165, 1.54) is 0 Å². The van der Waals surface area contributed by atoms with Gasteiger partial charge in [0.05, 0.1) is 23.0 Å². The number of amides is 1. The van der Waals surface area contributed by atoms with Crippen LogP contribution in [0.25, 0.3) is 11.3 Å². The van der Waals surface area contributed by atoms with E-state index in [2.05, 4.69) is 10.2 Å². The average Bonchev–Trinajstić information content (AvgIpc) is 3.22. The summed E-state index contributed by atoms with van der Waals surface area (Å²) < 4.78 is 5.67. The van der Waals surface area contributed by atoms with Gasteiger partial charge in [0.2, 0.25) is 0 Å². The van der Waals surface area contributed by atoms with Crippen LogP contribution in [0, 0.1) is 6.92 Å². The molecule has 1 heterocycles. The summed E-state index contributed by atoms with van der Waals surface area (Å²) in [6.45, 7) is 4.68. The molecule has 6 nitrogen and oxygen atoms in total. The summed E-state index contributed by atoms with van der Waals surface area (Å²) in [5.41, 5.74) is 9.82. The first-order valence-electron chi connectivity index (χ1n) is 9.32. The molecular formula is C22H26N4O2. The highest BCUT2D eigenvalue weighted by molar-refractivity contribution is 5.97. The van der Waals surface area contributed by atoms with Gasteiger partial charge < -0.3 is 15.4 Å². The minimum absolute atomic E-state index is 0.112. The molecule has 1 atom stereocenters. The Morgan fingerprint density at radius 3 is 2.68 bits per heavy atom. The van der Waals surface area contributed by atoms with Crippen LogP contribution in [-0.2, 0) is 0 Å². The van der Waals surface area contributed by atoms with Gasteiger partial charge >= 0.3 is 0 Å². The normalized spacial score (nSPS) is 11.9. The highest BCUT2D eigenvalue weighted by Gasteiger charge is 2.23. The molecule has 0 aliphatic carbocycles. The second-order valence-electron chi connectivity index (χ2n) is 6.80. The van der Waals surface area contributed by atoms with Crippen LogP contribution in [0.15, 0.2) is 54.6 Å². The Morgan fingerprint density at radius 1 is 1.21 bits per heavy atom. The zero-order chi connectivity index (χ0) is 20.1. The van der Waals surface area contributed by atoms with Gasteiger partial charge in [0.1, 0.15) is 12.4 Å². The van der Waals surface area contributed by atoms with Crippen molar-refractivity contribution in [3.63, 3.8) is 0 Å². The summed E-state index contributed by atoms with van der Waals surface area (Å²) in [6.07, 6.45) is 0. The third-order valence-electron chi connectivity index (χ3n) is 4.76. The molecule has 2 aromatic carbocycles. The first-order valence-corrected chi connectivity index (χ1v) is 9.32. The fourth-order valence-corrected chi connectivity index (χ4v) is 2.99. The van der Waals surface area contributed by atoms with E-state index in [1.807, 2.05) is 68.4 Å². The van der Waals surface area contributed by atoms with Crippen molar-refractivity contribution in [1.82, 2.24) is 15.1 Å². The number of aromatic nitrogens is 2. The number of nitrogens with zero attached hydrogens (tertiary/aromatic N) is 2. The number of ether oxygens (including phenoxy) is 1. The van der Waals surface area contributed by atoms with Gasteiger partial charge in [-0.25, -0.2) is 0 Å². The predicted molar refractivity (Wildman–Crippen MR) is 110 cm³/mol. The van der Waals surface area contributed by atoms with Gasteiger partial charge in [0.25, 0.3) is 5.91 Å². The molecule has 28 heavy (non-hydrogen) atoms. The Balaban J connectivity index is 1.82. The smallest absolute Gasteiger partial charge is 0.257 e. The SMILES string of the molecule is Cc1ccc(OCCN)c(C(=O)N(C)C(C)c2cc(-c3ccccc3)n[nH]2)c1. The summed E-state index contributed by atoms with van der Waals surface area (Å²) in [7, 11) is 1.78. The first-order chi connectivity index (χ1) is 13.5. The van der Waals surface area contributed by atoms with Crippen LogP contribution in [0.3, 0.4) is 0 Å². The second-order valence-corrected chi connectivity index (χ2v) is 6.80. The Labute approximate surface area is 165 Å². The summed E-state index contributed by atoms with van der Waals surface area (Å²) in [5.74, 6) is 0.439. The van der Waals surface area contributed by atoms with Crippen molar-refractivity contribution in [3.05, 3.63) is 71.4 Å². The van der Waals surface area contributed by atoms with Crippen molar-refractivity contribution in [1.29, 1.82) is 0 Å². The number of hydrogen-bond acceptors (Lipinski definition) is 4. The van der Waals surface area contributed by atoms with E-state index in [0.29, 0.717) is 24.5 Å². The van der Waals surface area contributed by atoms with Gasteiger partial charge in [-0.1, -0.05) is 42.0 Å². The molecule has 1 aromatic heterocycles. The molecule has 0 radical (unpaired) electrons. The molecule has 0 bridgehead atoms. The van der Waals surface area contributed by atoms with Crippen LogP contribution in [0.5, 0.6) is 5.75 Å². The van der Waals surface area contributed by atoms with Gasteiger partial charge in [-0.15, -0.1) is 0 Å². The average molecular weight is 378 g/mol. The quantitative estimate of drug-likeness (QED) is 0.658. The Kier molecular flexibility index (Phi) is 6.11. The molecule has 1 unspecified atom stereocenters. The molecular weight excluding hydrogens is 352 g/mol. The highest BCUT2D eigenvalue weighted by Crippen LogP contribution is 2.27. The molecule has 6 heteroatoms. The van der Waals surface area contributed by atoms with Crippen molar-refractivity contribution in [2.75, 3.05) is 20.2 Å². The number of rotatable bonds is 7. The number of carbonyl (C=O) groups is 1. The summed E-state index contributed by atoms with van der Waals surface area (Å²) in [6, 6.07) is 17.3. The number of nitrogens with two attached hydrogens (primary N) is 1. The molecule has 146 valence electrons. The summed E-state index contributed by atoms with van der Waals surface area (Å²) in [4.78, 5) is 14.8. The van der Waals surface area contributed by atoms with Crippen molar-refractivity contribution >= 4 is 5.91 Å². The molecule has 1 amide bonds. The van der Waals surface area contributed by atoms with E-state index < -0.39 is 0 Å². The topological polar surface area (TPSA) is 84.2 Å². The maximum Gasteiger partial charge on any atom is 0.257 e. The van der Waals surface area contributed by atoms with E-state index in [0.717, 1.165) is 22.5 Å². The Bertz CT molecular complexity index is 937. The molecule has 0 aliphatic rings. The van der Waals surface area contributed by atoms with Crippen molar-refractivity contribution in [2.45, 2.75) is 19.9 Å². The lowest BCUT2D eigenvalue weighted by molar-refractivity contribution is 0.0735. The lowest BCUT2D eigenvalue weighted by Crippen LogP contribution is -2.30. The molecule has 0 aliphatic heterocycles. The van der Waals surface area contributed by atoms with Crippen LogP contribution in [0.1, 0.15) is 34.6 Å². The van der Waals surface area contributed by atoms with E-state index in [1.54, 1.807) is 11.9 Å².